The van der Waals surface area contributed by atoms with E-state index in [1.54, 1.807) is 4.52 Å². The Kier molecular flexibility index (Phi) is 3.94. The molecule has 0 aliphatic carbocycles. The Hall–Kier alpha value is -3.13. The van der Waals surface area contributed by atoms with Crippen LogP contribution in [0.2, 0.25) is 0 Å². The average molecular weight is 375 g/mol. The SMILES string of the molecule is Cc1cn2nc(-c3cc(=O)n4nc(C5CCNCC5)ccc4n3)cc2c(C)n1. The van der Waals surface area contributed by atoms with Crippen LogP contribution in [-0.4, -0.2) is 42.3 Å². The summed E-state index contributed by atoms with van der Waals surface area (Å²) in [7, 11) is 0. The fourth-order valence-electron chi connectivity index (χ4n) is 3.89. The molecular formula is C20H21N7O. The van der Waals surface area contributed by atoms with E-state index >= 15 is 0 Å². The van der Waals surface area contributed by atoms with Crippen LogP contribution in [0.15, 0.2) is 35.3 Å². The van der Waals surface area contributed by atoms with Crippen molar-refractivity contribution in [3.63, 3.8) is 0 Å². The summed E-state index contributed by atoms with van der Waals surface area (Å²) in [5.74, 6) is 0.384. The summed E-state index contributed by atoms with van der Waals surface area (Å²) < 4.78 is 3.18. The third kappa shape index (κ3) is 2.86. The van der Waals surface area contributed by atoms with Gasteiger partial charge in [-0.1, -0.05) is 0 Å². The molecule has 0 spiro atoms. The van der Waals surface area contributed by atoms with Crippen molar-refractivity contribution in [1.29, 1.82) is 0 Å². The van der Waals surface area contributed by atoms with Crippen molar-refractivity contribution in [2.45, 2.75) is 32.6 Å². The lowest BCUT2D eigenvalue weighted by Crippen LogP contribution is -2.28. The number of hydrogen-bond acceptors (Lipinski definition) is 6. The summed E-state index contributed by atoms with van der Waals surface area (Å²) in [6.45, 7) is 5.85. The highest BCUT2D eigenvalue weighted by atomic mass is 16.1. The molecule has 1 N–H and O–H groups in total. The standard InChI is InChI=1S/C20H21N7O/c1-12-11-26-18(13(2)22-12)9-17(24-26)16-10-20(28)27-19(23-16)4-3-15(25-27)14-5-7-21-8-6-14/h3-4,9-11,14,21H,5-8H2,1-2H3. The van der Waals surface area contributed by atoms with Crippen LogP contribution >= 0.6 is 0 Å². The number of aromatic nitrogens is 6. The molecule has 4 aromatic rings. The van der Waals surface area contributed by atoms with Crippen molar-refractivity contribution < 1.29 is 0 Å². The van der Waals surface area contributed by atoms with Gasteiger partial charge in [-0.05, 0) is 58.0 Å². The Bertz CT molecular complexity index is 1250. The van der Waals surface area contributed by atoms with Gasteiger partial charge in [-0.3, -0.25) is 9.78 Å². The summed E-state index contributed by atoms with van der Waals surface area (Å²) in [6.07, 6.45) is 3.94. The van der Waals surface area contributed by atoms with Crippen LogP contribution in [0.1, 0.15) is 35.8 Å². The number of rotatable bonds is 2. The van der Waals surface area contributed by atoms with Crippen LogP contribution in [0.5, 0.6) is 0 Å². The summed E-state index contributed by atoms with van der Waals surface area (Å²) in [5.41, 5.74) is 5.17. The molecule has 5 rings (SSSR count). The highest BCUT2D eigenvalue weighted by Crippen LogP contribution is 2.24. The zero-order valence-corrected chi connectivity index (χ0v) is 15.9. The summed E-state index contributed by atoms with van der Waals surface area (Å²) in [5, 5.41) is 12.5. The van der Waals surface area contributed by atoms with Gasteiger partial charge in [0.15, 0.2) is 5.65 Å². The van der Waals surface area contributed by atoms with Crippen molar-refractivity contribution >= 4 is 11.2 Å². The fraction of sp³-hybridized carbons (Fsp3) is 0.350. The number of hydrogen-bond donors (Lipinski definition) is 1. The second-order valence-corrected chi connectivity index (χ2v) is 7.36. The largest absolute Gasteiger partial charge is 0.317 e. The van der Waals surface area contributed by atoms with Gasteiger partial charge in [0, 0.05) is 12.0 Å². The van der Waals surface area contributed by atoms with Crippen molar-refractivity contribution in [2.24, 2.45) is 0 Å². The van der Waals surface area contributed by atoms with Crippen LogP contribution in [0.25, 0.3) is 22.6 Å². The Morgan fingerprint density at radius 2 is 1.86 bits per heavy atom. The second-order valence-electron chi connectivity index (χ2n) is 7.36. The summed E-state index contributed by atoms with van der Waals surface area (Å²) in [6, 6.07) is 7.28. The van der Waals surface area contributed by atoms with Gasteiger partial charge in [-0.15, -0.1) is 0 Å². The zero-order chi connectivity index (χ0) is 19.3. The van der Waals surface area contributed by atoms with Gasteiger partial charge in [0.05, 0.1) is 34.5 Å². The molecule has 0 unspecified atom stereocenters. The van der Waals surface area contributed by atoms with E-state index < -0.39 is 0 Å². The molecule has 0 amide bonds. The molecule has 4 aromatic heterocycles. The minimum atomic E-state index is -0.195. The van der Waals surface area contributed by atoms with E-state index in [4.69, 9.17) is 0 Å². The van der Waals surface area contributed by atoms with Crippen molar-refractivity contribution in [3.8, 4) is 11.4 Å². The first kappa shape index (κ1) is 17.0. The monoisotopic (exact) mass is 375 g/mol. The minimum absolute atomic E-state index is 0.195. The number of nitrogens with one attached hydrogen (secondary N) is 1. The van der Waals surface area contributed by atoms with E-state index in [-0.39, 0.29) is 5.56 Å². The van der Waals surface area contributed by atoms with E-state index in [0.29, 0.717) is 23.0 Å². The number of nitrogens with zero attached hydrogens (tertiary/aromatic N) is 6. The van der Waals surface area contributed by atoms with Crippen LogP contribution in [0, 0.1) is 13.8 Å². The van der Waals surface area contributed by atoms with E-state index in [2.05, 4.69) is 25.5 Å². The predicted molar refractivity (Wildman–Crippen MR) is 106 cm³/mol. The zero-order valence-electron chi connectivity index (χ0n) is 15.9. The van der Waals surface area contributed by atoms with E-state index in [9.17, 15) is 4.79 Å². The van der Waals surface area contributed by atoms with Gasteiger partial charge >= 0.3 is 0 Å². The van der Waals surface area contributed by atoms with Crippen molar-refractivity contribution in [3.05, 3.63) is 57.9 Å². The summed E-state index contributed by atoms with van der Waals surface area (Å²) >= 11 is 0. The van der Waals surface area contributed by atoms with Crippen molar-refractivity contribution in [2.75, 3.05) is 13.1 Å². The van der Waals surface area contributed by atoms with E-state index in [1.807, 2.05) is 38.2 Å². The predicted octanol–water partition coefficient (Wildman–Crippen LogP) is 1.88. The molecule has 8 heteroatoms. The molecule has 142 valence electrons. The lowest BCUT2D eigenvalue weighted by atomic mass is 9.94. The highest BCUT2D eigenvalue weighted by Gasteiger charge is 2.18. The third-order valence-corrected chi connectivity index (χ3v) is 5.32. The number of aryl methyl sites for hydroxylation is 2. The summed E-state index contributed by atoms with van der Waals surface area (Å²) in [4.78, 5) is 21.8. The molecule has 8 nitrogen and oxygen atoms in total. The van der Waals surface area contributed by atoms with Crippen LogP contribution in [-0.2, 0) is 0 Å². The average Bonchev–Trinajstić information content (AvgIpc) is 3.13. The molecule has 1 fully saturated rings. The number of piperidine rings is 1. The van der Waals surface area contributed by atoms with Gasteiger partial charge < -0.3 is 5.32 Å². The molecule has 1 aliphatic heterocycles. The molecule has 0 aromatic carbocycles. The van der Waals surface area contributed by atoms with Gasteiger partial charge in [-0.2, -0.15) is 14.7 Å². The molecule has 0 atom stereocenters. The molecule has 1 aliphatic rings. The molecule has 28 heavy (non-hydrogen) atoms. The second kappa shape index (κ2) is 6.49. The first-order valence-electron chi connectivity index (χ1n) is 9.54. The first-order valence-corrected chi connectivity index (χ1v) is 9.54. The molecule has 0 saturated carbocycles. The molecular weight excluding hydrogens is 354 g/mol. The first-order chi connectivity index (χ1) is 13.6. The lowest BCUT2D eigenvalue weighted by molar-refractivity contribution is 0.448. The third-order valence-electron chi connectivity index (χ3n) is 5.32. The normalized spacial score (nSPS) is 15.5. The maximum atomic E-state index is 12.7. The minimum Gasteiger partial charge on any atom is -0.317 e. The van der Waals surface area contributed by atoms with Gasteiger partial charge in [0.2, 0.25) is 0 Å². The highest BCUT2D eigenvalue weighted by molar-refractivity contribution is 5.65. The molecule has 0 bridgehead atoms. The van der Waals surface area contributed by atoms with Crippen molar-refractivity contribution in [1.82, 2.24) is 34.5 Å². The van der Waals surface area contributed by atoms with Crippen LogP contribution in [0.3, 0.4) is 0 Å². The Labute approximate surface area is 161 Å². The van der Waals surface area contributed by atoms with Gasteiger partial charge in [0.1, 0.15) is 5.69 Å². The quantitative estimate of drug-likeness (QED) is 0.575. The Balaban J connectivity index is 1.60. The van der Waals surface area contributed by atoms with Gasteiger partial charge in [0.25, 0.3) is 5.56 Å². The van der Waals surface area contributed by atoms with Crippen LogP contribution in [0.4, 0.5) is 0 Å². The Morgan fingerprint density at radius 1 is 1.04 bits per heavy atom. The van der Waals surface area contributed by atoms with E-state index in [0.717, 1.165) is 48.5 Å². The van der Waals surface area contributed by atoms with E-state index in [1.165, 1.54) is 10.6 Å². The molecule has 5 heterocycles. The topological polar surface area (TPSA) is 89.5 Å². The number of fused-ring (bicyclic) bond motifs is 2. The van der Waals surface area contributed by atoms with Gasteiger partial charge in [-0.25, -0.2) is 9.50 Å². The smallest absolute Gasteiger partial charge is 0.275 e. The molecule has 1 saturated heterocycles. The maximum Gasteiger partial charge on any atom is 0.275 e. The Morgan fingerprint density at radius 3 is 2.68 bits per heavy atom. The lowest BCUT2D eigenvalue weighted by Gasteiger charge is -2.22. The maximum absolute atomic E-state index is 12.7. The fourth-order valence-corrected chi connectivity index (χ4v) is 3.89. The molecule has 0 radical (unpaired) electrons. The van der Waals surface area contributed by atoms with Crippen LogP contribution < -0.4 is 10.9 Å².